The van der Waals surface area contributed by atoms with E-state index in [4.69, 9.17) is 4.74 Å². The lowest BCUT2D eigenvalue weighted by molar-refractivity contribution is -0.126. The summed E-state index contributed by atoms with van der Waals surface area (Å²) < 4.78 is 5.40. The van der Waals surface area contributed by atoms with Gasteiger partial charge in [0.25, 0.3) is 0 Å². The molecule has 5 atom stereocenters. The van der Waals surface area contributed by atoms with E-state index in [9.17, 15) is 24.6 Å². The summed E-state index contributed by atoms with van der Waals surface area (Å²) in [7, 11) is 1.61. The lowest BCUT2D eigenvalue weighted by Gasteiger charge is -2.34. The van der Waals surface area contributed by atoms with Gasteiger partial charge in [-0.3, -0.25) is 14.8 Å². The molecule has 2 aromatic heterocycles. The van der Waals surface area contributed by atoms with Gasteiger partial charge in [0, 0.05) is 31.2 Å². The van der Waals surface area contributed by atoms with E-state index in [0.717, 1.165) is 11.1 Å². The van der Waals surface area contributed by atoms with Gasteiger partial charge in [-0.05, 0) is 48.1 Å². The molecule has 12 heteroatoms. The summed E-state index contributed by atoms with van der Waals surface area (Å²) >= 11 is 0. The highest BCUT2D eigenvalue weighted by atomic mass is 16.5. The summed E-state index contributed by atoms with van der Waals surface area (Å²) in [6.45, 7) is 3.80. The molecule has 5 N–H and O–H groups in total. The number of amides is 4. The smallest absolute Gasteiger partial charge is 0.407 e. The van der Waals surface area contributed by atoms with Crippen LogP contribution in [0.25, 0.3) is 0 Å². The van der Waals surface area contributed by atoms with E-state index in [1.807, 2.05) is 66.7 Å². The molecule has 2 heterocycles. The average molecular weight is 683 g/mol. The van der Waals surface area contributed by atoms with E-state index in [2.05, 4.69) is 25.9 Å². The first-order valence-electron chi connectivity index (χ1n) is 16.6. The van der Waals surface area contributed by atoms with Crippen LogP contribution in [0.5, 0.6) is 0 Å². The number of alkyl carbamates (subject to hydrolysis) is 1. The number of aliphatic hydroxyl groups is 2. The van der Waals surface area contributed by atoms with Crippen LogP contribution in [0, 0.1) is 5.92 Å². The van der Waals surface area contributed by atoms with E-state index in [0.29, 0.717) is 11.3 Å². The molecular formula is C38H46N6O6. The fourth-order valence-corrected chi connectivity index (χ4v) is 5.41. The highest BCUT2D eigenvalue weighted by molar-refractivity contribution is 5.87. The molecule has 4 amide bonds. The molecule has 0 unspecified atom stereocenters. The Morgan fingerprint density at radius 3 is 1.86 bits per heavy atom. The quantitative estimate of drug-likeness (QED) is 0.120. The molecule has 0 bridgehead atoms. The Morgan fingerprint density at radius 2 is 1.32 bits per heavy atom. The standard InChI is InChI=1S/C38H46N6O6/c1-26(2)33(43-37(48)44(3)24-30-18-10-11-20-40-30)36(47)41-31(21-27-13-6-4-7-14-27)34(45)35(46)32(22-28-15-8-5-9-16-28)42-38(49)50-25-29-17-12-19-39-23-29/h4-20,23,26,31-35,45-46H,21-22,24-25H2,1-3H3,(H,41,47)(H,42,49)(H,43,48)/t31-,32-,33-,34-,35+/m0/s1. The molecule has 0 saturated heterocycles. The lowest BCUT2D eigenvalue weighted by atomic mass is 9.90. The van der Waals surface area contributed by atoms with Gasteiger partial charge in [0.2, 0.25) is 5.91 Å². The van der Waals surface area contributed by atoms with Crippen molar-refractivity contribution in [2.45, 2.75) is 70.2 Å². The first-order valence-corrected chi connectivity index (χ1v) is 16.6. The monoisotopic (exact) mass is 682 g/mol. The number of aromatic nitrogens is 2. The first kappa shape index (κ1) is 37.5. The summed E-state index contributed by atoms with van der Waals surface area (Å²) in [5.41, 5.74) is 2.98. The van der Waals surface area contributed by atoms with Crippen molar-refractivity contribution < 1.29 is 29.3 Å². The van der Waals surface area contributed by atoms with Crippen molar-refractivity contribution in [3.05, 3.63) is 132 Å². The number of nitrogens with zero attached hydrogens (tertiary/aromatic N) is 3. The number of urea groups is 1. The van der Waals surface area contributed by atoms with Crippen LogP contribution in [0.15, 0.2) is 110 Å². The Hall–Kier alpha value is -5.33. The number of carbonyl (C=O) groups is 3. The average Bonchev–Trinajstić information content (AvgIpc) is 3.13. The van der Waals surface area contributed by atoms with E-state index in [1.54, 1.807) is 63.8 Å². The van der Waals surface area contributed by atoms with Crippen LogP contribution in [0.3, 0.4) is 0 Å². The van der Waals surface area contributed by atoms with Gasteiger partial charge in [-0.2, -0.15) is 0 Å². The Bertz CT molecular complexity index is 1610. The van der Waals surface area contributed by atoms with E-state index in [1.165, 1.54) is 4.90 Å². The third-order valence-corrected chi connectivity index (χ3v) is 8.20. The highest BCUT2D eigenvalue weighted by Gasteiger charge is 2.36. The second-order valence-corrected chi connectivity index (χ2v) is 12.5. The van der Waals surface area contributed by atoms with Crippen LogP contribution in [-0.2, 0) is 35.5 Å². The SMILES string of the molecule is CC(C)[C@H](NC(=O)N(C)Cc1ccccn1)C(=O)N[C@@H](Cc1ccccc1)[C@H](O)[C@H](O)[C@H](Cc1ccccc1)NC(=O)OCc1cccnc1. The number of hydrogen-bond acceptors (Lipinski definition) is 8. The van der Waals surface area contributed by atoms with Crippen molar-refractivity contribution >= 4 is 18.0 Å². The van der Waals surface area contributed by atoms with Crippen LogP contribution >= 0.6 is 0 Å². The molecule has 0 aliphatic carbocycles. The third kappa shape index (κ3) is 11.7. The summed E-state index contributed by atoms with van der Waals surface area (Å²) in [5.74, 6) is -0.848. The van der Waals surface area contributed by atoms with Gasteiger partial charge in [-0.25, -0.2) is 9.59 Å². The van der Waals surface area contributed by atoms with Gasteiger partial charge in [-0.15, -0.1) is 0 Å². The molecule has 0 spiro atoms. The van der Waals surface area contributed by atoms with E-state index >= 15 is 0 Å². The van der Waals surface area contributed by atoms with Crippen molar-refractivity contribution in [2.24, 2.45) is 5.92 Å². The number of benzene rings is 2. The summed E-state index contributed by atoms with van der Waals surface area (Å²) in [6.07, 6.45) is 1.29. The Labute approximate surface area is 292 Å². The normalized spacial score (nSPS) is 14.0. The number of ether oxygens (including phenoxy) is 1. The Kier molecular flexibility index (Phi) is 14.3. The van der Waals surface area contributed by atoms with Crippen LogP contribution in [-0.4, -0.2) is 80.5 Å². The molecule has 12 nitrogen and oxygen atoms in total. The zero-order valence-electron chi connectivity index (χ0n) is 28.6. The van der Waals surface area contributed by atoms with Crippen LogP contribution in [0.1, 0.15) is 36.2 Å². The predicted octanol–water partition coefficient (Wildman–Crippen LogP) is 3.63. The topological polar surface area (TPSA) is 166 Å². The maximum atomic E-state index is 13.8. The first-order chi connectivity index (χ1) is 24.1. The zero-order chi connectivity index (χ0) is 35.9. The third-order valence-electron chi connectivity index (χ3n) is 8.20. The maximum Gasteiger partial charge on any atom is 0.407 e. The minimum atomic E-state index is -1.54. The number of pyridine rings is 2. The minimum Gasteiger partial charge on any atom is -0.445 e. The Morgan fingerprint density at radius 1 is 0.740 bits per heavy atom. The number of hydrogen-bond donors (Lipinski definition) is 5. The lowest BCUT2D eigenvalue weighted by Crippen LogP contribution is -2.60. The summed E-state index contributed by atoms with van der Waals surface area (Å²) in [4.78, 5) is 49.7. The molecule has 0 radical (unpaired) electrons. The van der Waals surface area contributed by atoms with Gasteiger partial charge in [0.05, 0.1) is 24.3 Å². The summed E-state index contributed by atoms with van der Waals surface area (Å²) in [5, 5.41) is 31.8. The minimum absolute atomic E-state index is 0.0393. The van der Waals surface area contributed by atoms with E-state index in [-0.39, 0.29) is 31.9 Å². The van der Waals surface area contributed by atoms with Crippen molar-refractivity contribution in [3.63, 3.8) is 0 Å². The second kappa shape index (κ2) is 19.0. The van der Waals surface area contributed by atoms with Crippen molar-refractivity contribution in [3.8, 4) is 0 Å². The molecule has 50 heavy (non-hydrogen) atoms. The van der Waals surface area contributed by atoms with Gasteiger partial charge in [-0.1, -0.05) is 86.6 Å². The van der Waals surface area contributed by atoms with Gasteiger partial charge >= 0.3 is 12.1 Å². The predicted molar refractivity (Wildman–Crippen MR) is 188 cm³/mol. The molecule has 0 fully saturated rings. The molecule has 4 rings (SSSR count). The number of carbonyl (C=O) groups excluding carboxylic acids is 3. The molecule has 0 aliphatic rings. The largest absolute Gasteiger partial charge is 0.445 e. The number of aliphatic hydroxyl groups excluding tert-OH is 2. The Balaban J connectivity index is 1.52. The number of nitrogens with one attached hydrogen (secondary N) is 3. The molecule has 264 valence electrons. The van der Waals surface area contributed by atoms with Crippen LogP contribution < -0.4 is 16.0 Å². The van der Waals surface area contributed by atoms with Crippen molar-refractivity contribution in [2.75, 3.05) is 7.05 Å². The summed E-state index contributed by atoms with van der Waals surface area (Å²) in [6, 6.07) is 23.9. The molecule has 2 aromatic carbocycles. The molecule has 0 saturated carbocycles. The van der Waals surface area contributed by atoms with Gasteiger partial charge < -0.3 is 35.8 Å². The molecular weight excluding hydrogens is 636 g/mol. The van der Waals surface area contributed by atoms with Gasteiger partial charge in [0.1, 0.15) is 24.9 Å². The zero-order valence-corrected chi connectivity index (χ0v) is 28.6. The van der Waals surface area contributed by atoms with Crippen molar-refractivity contribution in [1.29, 1.82) is 0 Å². The van der Waals surface area contributed by atoms with Crippen LogP contribution in [0.4, 0.5) is 9.59 Å². The number of rotatable bonds is 16. The molecule has 4 aromatic rings. The van der Waals surface area contributed by atoms with Crippen molar-refractivity contribution in [1.82, 2.24) is 30.8 Å². The maximum absolute atomic E-state index is 13.8. The second-order valence-electron chi connectivity index (χ2n) is 12.5. The fraction of sp³-hybridized carbons (Fsp3) is 0.342. The van der Waals surface area contributed by atoms with E-state index < -0.39 is 48.4 Å². The molecule has 0 aliphatic heterocycles. The van der Waals surface area contributed by atoms with Crippen LogP contribution in [0.2, 0.25) is 0 Å². The highest BCUT2D eigenvalue weighted by Crippen LogP contribution is 2.16. The van der Waals surface area contributed by atoms with Gasteiger partial charge in [0.15, 0.2) is 0 Å². The fourth-order valence-electron chi connectivity index (χ4n) is 5.41.